The van der Waals surface area contributed by atoms with Crippen molar-refractivity contribution in [1.29, 1.82) is 0 Å². The Kier molecular flexibility index (Phi) is 5.91. The molecule has 0 saturated heterocycles. The van der Waals surface area contributed by atoms with Gasteiger partial charge in [0.15, 0.2) is 0 Å². The third-order valence-electron chi connectivity index (χ3n) is 3.67. The second kappa shape index (κ2) is 6.97. The van der Waals surface area contributed by atoms with E-state index in [1.807, 2.05) is 0 Å². The molecule has 0 aromatic heterocycles. The van der Waals surface area contributed by atoms with E-state index in [9.17, 15) is 0 Å². The molecule has 0 heteroatoms. The number of hydrogen-bond acceptors (Lipinski definition) is 0. The number of benzene rings is 1. The predicted molar refractivity (Wildman–Crippen MR) is 82.3 cm³/mol. The molecule has 0 radical (unpaired) electrons. The molecule has 1 aromatic rings. The number of hydrogen-bond donors (Lipinski definition) is 0. The highest BCUT2D eigenvalue weighted by Crippen LogP contribution is 2.26. The van der Waals surface area contributed by atoms with Crippen LogP contribution in [0.2, 0.25) is 0 Å². The van der Waals surface area contributed by atoms with Crippen molar-refractivity contribution < 1.29 is 0 Å². The van der Waals surface area contributed by atoms with Gasteiger partial charge in [0.1, 0.15) is 0 Å². The van der Waals surface area contributed by atoms with Crippen LogP contribution in [0.3, 0.4) is 0 Å². The summed E-state index contributed by atoms with van der Waals surface area (Å²) >= 11 is 0. The molecule has 0 bridgehead atoms. The molecule has 0 N–H and O–H groups in total. The van der Waals surface area contributed by atoms with E-state index in [1.165, 1.54) is 55.2 Å². The third-order valence-corrected chi connectivity index (χ3v) is 3.67. The second-order valence-corrected chi connectivity index (χ2v) is 6.56. The Balaban J connectivity index is 2.52. The molecule has 0 unspecified atom stereocenters. The first kappa shape index (κ1) is 15.3. The van der Waals surface area contributed by atoms with Crippen LogP contribution in [0, 0.1) is 6.92 Å². The van der Waals surface area contributed by atoms with Crippen LogP contribution in [0.4, 0.5) is 0 Å². The highest BCUT2D eigenvalue weighted by atomic mass is 14.2. The van der Waals surface area contributed by atoms with Gasteiger partial charge in [0.25, 0.3) is 0 Å². The first-order valence-electron chi connectivity index (χ1n) is 7.55. The minimum atomic E-state index is 0.268. The number of rotatable bonds is 6. The van der Waals surface area contributed by atoms with Gasteiger partial charge in [-0.3, -0.25) is 0 Å². The second-order valence-electron chi connectivity index (χ2n) is 6.56. The summed E-state index contributed by atoms with van der Waals surface area (Å²) in [5.41, 5.74) is 4.71. The highest BCUT2D eigenvalue weighted by molar-refractivity contribution is 5.35. The van der Waals surface area contributed by atoms with Gasteiger partial charge >= 0.3 is 0 Å². The monoisotopic (exact) mass is 246 g/mol. The number of unbranched alkanes of at least 4 members (excludes halogenated alkanes) is 4. The molecule has 0 aliphatic heterocycles. The molecular formula is C18H30. The SMILES string of the molecule is CCCCCCCc1ccc(C(C)(C)C)c(C)c1. The van der Waals surface area contributed by atoms with Crippen LogP contribution in [-0.2, 0) is 11.8 Å². The summed E-state index contributed by atoms with van der Waals surface area (Å²) in [7, 11) is 0. The van der Waals surface area contributed by atoms with E-state index in [-0.39, 0.29) is 5.41 Å². The molecule has 0 heterocycles. The molecule has 0 nitrogen and oxygen atoms in total. The summed E-state index contributed by atoms with van der Waals surface area (Å²) in [6.45, 7) is 11.4. The first-order valence-corrected chi connectivity index (χ1v) is 7.55. The lowest BCUT2D eigenvalue weighted by molar-refractivity contribution is 0.585. The van der Waals surface area contributed by atoms with Crippen LogP contribution < -0.4 is 0 Å². The normalized spacial score (nSPS) is 11.8. The smallest absolute Gasteiger partial charge is 0.0129 e. The Morgan fingerprint density at radius 1 is 0.944 bits per heavy atom. The van der Waals surface area contributed by atoms with Gasteiger partial charge in [-0.25, -0.2) is 0 Å². The van der Waals surface area contributed by atoms with E-state index >= 15 is 0 Å². The van der Waals surface area contributed by atoms with Crippen LogP contribution in [-0.4, -0.2) is 0 Å². The van der Waals surface area contributed by atoms with Gasteiger partial charge < -0.3 is 0 Å². The lowest BCUT2D eigenvalue weighted by Gasteiger charge is -2.22. The molecule has 102 valence electrons. The molecule has 18 heavy (non-hydrogen) atoms. The third kappa shape index (κ3) is 4.84. The van der Waals surface area contributed by atoms with Crippen LogP contribution in [0.1, 0.15) is 76.5 Å². The zero-order valence-electron chi connectivity index (χ0n) is 13.0. The highest BCUT2D eigenvalue weighted by Gasteiger charge is 2.15. The average molecular weight is 246 g/mol. The molecule has 0 saturated carbocycles. The van der Waals surface area contributed by atoms with Crippen molar-refractivity contribution in [1.82, 2.24) is 0 Å². The molecule has 0 aliphatic rings. The van der Waals surface area contributed by atoms with E-state index in [1.54, 1.807) is 0 Å². The zero-order valence-corrected chi connectivity index (χ0v) is 13.0. The lowest BCUT2D eigenvalue weighted by atomic mass is 9.83. The topological polar surface area (TPSA) is 0 Å². The van der Waals surface area contributed by atoms with Gasteiger partial charge in [-0.05, 0) is 41.9 Å². The summed E-state index contributed by atoms with van der Waals surface area (Å²) in [5.74, 6) is 0. The van der Waals surface area contributed by atoms with E-state index in [0.29, 0.717) is 0 Å². The van der Waals surface area contributed by atoms with Crippen molar-refractivity contribution in [3.63, 3.8) is 0 Å². The van der Waals surface area contributed by atoms with Crippen LogP contribution >= 0.6 is 0 Å². The van der Waals surface area contributed by atoms with Crippen LogP contribution in [0.15, 0.2) is 18.2 Å². The Hall–Kier alpha value is -0.780. The van der Waals surface area contributed by atoms with Gasteiger partial charge in [0, 0.05) is 0 Å². The molecule has 1 aromatic carbocycles. The Morgan fingerprint density at radius 3 is 2.17 bits per heavy atom. The first-order chi connectivity index (χ1) is 8.45. The molecule has 1 rings (SSSR count). The largest absolute Gasteiger partial charge is 0.0654 e. The predicted octanol–water partition coefficient (Wildman–Crippen LogP) is 5.81. The molecular weight excluding hydrogens is 216 g/mol. The van der Waals surface area contributed by atoms with Crippen molar-refractivity contribution in [2.24, 2.45) is 0 Å². The van der Waals surface area contributed by atoms with Crippen LogP contribution in [0.5, 0.6) is 0 Å². The van der Waals surface area contributed by atoms with Crippen molar-refractivity contribution in [3.05, 3.63) is 34.9 Å². The summed E-state index contributed by atoms with van der Waals surface area (Å²) in [6, 6.07) is 7.05. The molecule has 0 spiro atoms. The molecule has 0 atom stereocenters. The fourth-order valence-corrected chi connectivity index (χ4v) is 2.66. The van der Waals surface area contributed by atoms with E-state index in [2.05, 4.69) is 52.8 Å². The summed E-state index contributed by atoms with van der Waals surface area (Å²) in [5, 5.41) is 0. The Morgan fingerprint density at radius 2 is 1.61 bits per heavy atom. The van der Waals surface area contributed by atoms with Gasteiger partial charge in [0.2, 0.25) is 0 Å². The van der Waals surface area contributed by atoms with E-state index in [4.69, 9.17) is 0 Å². The molecule has 0 fully saturated rings. The zero-order chi connectivity index (χ0) is 13.6. The summed E-state index contributed by atoms with van der Waals surface area (Å²) < 4.78 is 0. The van der Waals surface area contributed by atoms with Crippen molar-refractivity contribution in [3.8, 4) is 0 Å². The van der Waals surface area contributed by atoms with Gasteiger partial charge in [-0.2, -0.15) is 0 Å². The fourth-order valence-electron chi connectivity index (χ4n) is 2.66. The van der Waals surface area contributed by atoms with Crippen molar-refractivity contribution in [2.45, 2.75) is 78.6 Å². The van der Waals surface area contributed by atoms with E-state index in [0.717, 1.165) is 0 Å². The molecule has 0 aliphatic carbocycles. The maximum Gasteiger partial charge on any atom is -0.0129 e. The minimum absolute atomic E-state index is 0.268. The number of aryl methyl sites for hydroxylation is 2. The maximum atomic E-state index is 2.39. The maximum absolute atomic E-state index is 2.39. The van der Waals surface area contributed by atoms with Gasteiger partial charge in [-0.15, -0.1) is 0 Å². The average Bonchev–Trinajstić information content (AvgIpc) is 2.27. The summed E-state index contributed by atoms with van der Waals surface area (Å²) in [6.07, 6.45) is 8.09. The quantitative estimate of drug-likeness (QED) is 0.556. The van der Waals surface area contributed by atoms with Gasteiger partial charge in [-0.1, -0.05) is 71.6 Å². The summed E-state index contributed by atoms with van der Waals surface area (Å²) in [4.78, 5) is 0. The van der Waals surface area contributed by atoms with E-state index < -0.39 is 0 Å². The Labute approximate surface area is 114 Å². The van der Waals surface area contributed by atoms with Crippen molar-refractivity contribution in [2.75, 3.05) is 0 Å². The van der Waals surface area contributed by atoms with Crippen molar-refractivity contribution >= 4 is 0 Å². The van der Waals surface area contributed by atoms with Gasteiger partial charge in [0.05, 0.1) is 0 Å². The molecule has 0 amide bonds. The van der Waals surface area contributed by atoms with Crippen LogP contribution in [0.25, 0.3) is 0 Å². The minimum Gasteiger partial charge on any atom is -0.0654 e. The lowest BCUT2D eigenvalue weighted by Crippen LogP contribution is -2.13. The fraction of sp³-hybridized carbons (Fsp3) is 0.667. The standard InChI is InChI=1S/C18H30/c1-6-7-8-9-10-11-16-12-13-17(15(2)14-16)18(3,4)5/h12-14H,6-11H2,1-5H3. The Bertz CT molecular complexity index is 355.